The van der Waals surface area contributed by atoms with Gasteiger partial charge in [0, 0.05) is 18.5 Å². The zero-order valence-electron chi connectivity index (χ0n) is 12.2. The number of nitrogens with zero attached hydrogens (tertiary/aromatic N) is 1. The fourth-order valence-corrected chi connectivity index (χ4v) is 2.95. The fourth-order valence-electron chi connectivity index (χ4n) is 2.10. The SMILES string of the molecule is CN=C(NCCC1=CCOCC1)NCc1sccc1C. The molecule has 1 aromatic rings. The Kier molecular flexibility index (Phi) is 6.08. The van der Waals surface area contributed by atoms with Gasteiger partial charge in [-0.05, 0) is 36.8 Å². The van der Waals surface area contributed by atoms with Crippen molar-refractivity contribution in [2.45, 2.75) is 26.3 Å². The summed E-state index contributed by atoms with van der Waals surface area (Å²) < 4.78 is 5.31. The summed E-state index contributed by atoms with van der Waals surface area (Å²) in [6, 6.07) is 2.15. The standard InChI is InChI=1S/C15H23N3OS/c1-12-6-10-20-14(12)11-18-15(16-2)17-7-3-13-4-8-19-9-5-13/h4,6,10H,3,5,7-9,11H2,1-2H3,(H2,16,17,18). The Bertz CT molecular complexity index is 479. The molecule has 0 fully saturated rings. The number of guanidine groups is 1. The van der Waals surface area contributed by atoms with E-state index in [9.17, 15) is 0 Å². The number of nitrogens with one attached hydrogen (secondary N) is 2. The second-order valence-corrected chi connectivity index (χ2v) is 5.82. The van der Waals surface area contributed by atoms with Gasteiger partial charge in [0.2, 0.25) is 0 Å². The molecule has 2 rings (SSSR count). The maximum atomic E-state index is 5.31. The van der Waals surface area contributed by atoms with Crippen LogP contribution in [0, 0.1) is 6.92 Å². The minimum Gasteiger partial charge on any atom is -0.377 e. The second-order valence-electron chi connectivity index (χ2n) is 4.82. The summed E-state index contributed by atoms with van der Waals surface area (Å²) in [7, 11) is 1.81. The van der Waals surface area contributed by atoms with E-state index < -0.39 is 0 Å². The van der Waals surface area contributed by atoms with Crippen LogP contribution >= 0.6 is 11.3 Å². The predicted molar refractivity (Wildman–Crippen MR) is 85.4 cm³/mol. The van der Waals surface area contributed by atoms with Gasteiger partial charge in [-0.2, -0.15) is 0 Å². The molecule has 0 unspecified atom stereocenters. The first-order valence-corrected chi connectivity index (χ1v) is 7.90. The van der Waals surface area contributed by atoms with Crippen LogP contribution in [-0.2, 0) is 11.3 Å². The molecule has 0 radical (unpaired) electrons. The van der Waals surface area contributed by atoms with Crippen molar-refractivity contribution in [1.29, 1.82) is 0 Å². The molecule has 2 N–H and O–H groups in total. The maximum absolute atomic E-state index is 5.31. The van der Waals surface area contributed by atoms with E-state index in [4.69, 9.17) is 4.74 Å². The monoisotopic (exact) mass is 293 g/mol. The third-order valence-electron chi connectivity index (χ3n) is 3.40. The maximum Gasteiger partial charge on any atom is 0.191 e. The molecule has 1 aliphatic rings. The molecule has 0 saturated heterocycles. The van der Waals surface area contributed by atoms with E-state index in [0.29, 0.717) is 0 Å². The topological polar surface area (TPSA) is 45.7 Å². The summed E-state index contributed by atoms with van der Waals surface area (Å²) in [6.07, 6.45) is 4.31. The first-order chi connectivity index (χ1) is 9.79. The number of rotatable bonds is 5. The van der Waals surface area contributed by atoms with Crippen LogP contribution in [0.4, 0.5) is 0 Å². The molecular formula is C15H23N3OS. The summed E-state index contributed by atoms with van der Waals surface area (Å²) in [4.78, 5) is 5.62. The minimum atomic E-state index is 0.764. The molecule has 4 nitrogen and oxygen atoms in total. The van der Waals surface area contributed by atoms with Crippen molar-refractivity contribution in [1.82, 2.24) is 10.6 Å². The van der Waals surface area contributed by atoms with E-state index in [1.807, 2.05) is 7.05 Å². The van der Waals surface area contributed by atoms with Gasteiger partial charge in [0.25, 0.3) is 0 Å². The molecule has 0 aliphatic carbocycles. The first kappa shape index (κ1) is 15.1. The zero-order valence-corrected chi connectivity index (χ0v) is 13.1. The highest BCUT2D eigenvalue weighted by molar-refractivity contribution is 7.10. The molecule has 1 aromatic heterocycles. The quantitative estimate of drug-likeness (QED) is 0.498. The predicted octanol–water partition coefficient (Wildman–Crippen LogP) is 2.46. The molecule has 0 spiro atoms. The lowest BCUT2D eigenvalue weighted by Gasteiger charge is -2.15. The molecule has 0 aromatic carbocycles. The number of aryl methyl sites for hydroxylation is 1. The van der Waals surface area contributed by atoms with Crippen LogP contribution in [0.2, 0.25) is 0 Å². The molecular weight excluding hydrogens is 270 g/mol. The van der Waals surface area contributed by atoms with Crippen molar-refractivity contribution in [2.75, 3.05) is 26.8 Å². The van der Waals surface area contributed by atoms with Crippen LogP contribution in [0.25, 0.3) is 0 Å². The number of ether oxygens (including phenoxy) is 1. The molecule has 0 saturated carbocycles. The van der Waals surface area contributed by atoms with Gasteiger partial charge in [-0.1, -0.05) is 11.6 Å². The molecule has 5 heteroatoms. The van der Waals surface area contributed by atoms with Crippen LogP contribution in [0.1, 0.15) is 23.3 Å². The summed E-state index contributed by atoms with van der Waals surface area (Å²) in [5.41, 5.74) is 2.82. The largest absolute Gasteiger partial charge is 0.377 e. The third-order valence-corrected chi connectivity index (χ3v) is 4.43. The molecule has 2 heterocycles. The van der Waals surface area contributed by atoms with Crippen molar-refractivity contribution in [3.8, 4) is 0 Å². The van der Waals surface area contributed by atoms with Gasteiger partial charge in [0.1, 0.15) is 0 Å². The molecule has 0 atom stereocenters. The molecule has 1 aliphatic heterocycles. The van der Waals surface area contributed by atoms with Gasteiger partial charge in [0.05, 0.1) is 19.8 Å². The van der Waals surface area contributed by atoms with Crippen LogP contribution in [0.3, 0.4) is 0 Å². The molecule has 0 amide bonds. The zero-order chi connectivity index (χ0) is 14.2. The Hall–Kier alpha value is -1.33. The number of hydrogen-bond acceptors (Lipinski definition) is 3. The summed E-state index contributed by atoms with van der Waals surface area (Å²) >= 11 is 1.78. The lowest BCUT2D eigenvalue weighted by molar-refractivity contribution is 0.153. The Labute approximate surface area is 124 Å². The highest BCUT2D eigenvalue weighted by atomic mass is 32.1. The summed E-state index contributed by atoms with van der Waals surface area (Å²) in [6.45, 7) is 5.51. The highest BCUT2D eigenvalue weighted by Crippen LogP contribution is 2.14. The second kappa shape index (κ2) is 8.07. The van der Waals surface area contributed by atoms with Gasteiger partial charge in [0.15, 0.2) is 5.96 Å². The van der Waals surface area contributed by atoms with Crippen molar-refractivity contribution in [3.63, 3.8) is 0 Å². The van der Waals surface area contributed by atoms with E-state index in [0.717, 1.165) is 45.1 Å². The van der Waals surface area contributed by atoms with Crippen LogP contribution in [-0.4, -0.2) is 32.8 Å². The van der Waals surface area contributed by atoms with Crippen molar-refractivity contribution in [2.24, 2.45) is 4.99 Å². The smallest absolute Gasteiger partial charge is 0.191 e. The summed E-state index contributed by atoms with van der Waals surface area (Å²) in [5, 5.41) is 8.84. The number of hydrogen-bond donors (Lipinski definition) is 2. The highest BCUT2D eigenvalue weighted by Gasteiger charge is 2.05. The van der Waals surface area contributed by atoms with Crippen LogP contribution < -0.4 is 10.6 Å². The molecule has 0 bridgehead atoms. The molecule has 110 valence electrons. The Morgan fingerprint density at radius 1 is 1.45 bits per heavy atom. The van der Waals surface area contributed by atoms with E-state index in [-0.39, 0.29) is 0 Å². The number of aliphatic imine (C=N–C) groups is 1. The fraction of sp³-hybridized carbons (Fsp3) is 0.533. The van der Waals surface area contributed by atoms with E-state index in [2.05, 4.69) is 40.1 Å². The molecule has 20 heavy (non-hydrogen) atoms. The van der Waals surface area contributed by atoms with E-state index in [1.165, 1.54) is 16.0 Å². The average Bonchev–Trinajstić information content (AvgIpc) is 2.89. The first-order valence-electron chi connectivity index (χ1n) is 7.02. The average molecular weight is 293 g/mol. The van der Waals surface area contributed by atoms with Crippen LogP contribution in [0.5, 0.6) is 0 Å². The number of thiophene rings is 1. The van der Waals surface area contributed by atoms with Crippen molar-refractivity contribution >= 4 is 17.3 Å². The lowest BCUT2D eigenvalue weighted by Crippen LogP contribution is -2.37. The van der Waals surface area contributed by atoms with Crippen molar-refractivity contribution < 1.29 is 4.74 Å². The lowest BCUT2D eigenvalue weighted by atomic mass is 10.1. The van der Waals surface area contributed by atoms with Gasteiger partial charge in [-0.25, -0.2) is 0 Å². The van der Waals surface area contributed by atoms with E-state index in [1.54, 1.807) is 11.3 Å². The van der Waals surface area contributed by atoms with Gasteiger partial charge in [-0.15, -0.1) is 11.3 Å². The van der Waals surface area contributed by atoms with Gasteiger partial charge < -0.3 is 15.4 Å². The third kappa shape index (κ3) is 4.65. The normalized spacial score (nSPS) is 15.9. The van der Waals surface area contributed by atoms with Gasteiger partial charge in [-0.3, -0.25) is 4.99 Å². The van der Waals surface area contributed by atoms with Crippen molar-refractivity contribution in [3.05, 3.63) is 33.5 Å². The van der Waals surface area contributed by atoms with E-state index >= 15 is 0 Å². The summed E-state index contributed by atoms with van der Waals surface area (Å²) in [5.74, 6) is 0.866. The Morgan fingerprint density at radius 3 is 3.00 bits per heavy atom. The Morgan fingerprint density at radius 2 is 2.35 bits per heavy atom. The Balaban J connectivity index is 1.70. The minimum absolute atomic E-state index is 0.764. The van der Waals surface area contributed by atoms with Crippen LogP contribution in [0.15, 0.2) is 28.1 Å². The van der Waals surface area contributed by atoms with Gasteiger partial charge >= 0.3 is 0 Å².